The molecule has 0 fully saturated rings. The topological polar surface area (TPSA) is 106 Å². The fourth-order valence-corrected chi connectivity index (χ4v) is 2.65. The molecule has 0 aliphatic carbocycles. The molecule has 1 heterocycles. The SMILES string of the molecule is COCCOCCOc1ccc(CSc2nc(N)cc(N)n2)cc1. The number of anilines is 2. The summed E-state index contributed by atoms with van der Waals surface area (Å²) in [5.41, 5.74) is 12.4. The molecule has 130 valence electrons. The van der Waals surface area contributed by atoms with Gasteiger partial charge < -0.3 is 25.7 Å². The van der Waals surface area contributed by atoms with Crippen molar-refractivity contribution in [1.29, 1.82) is 0 Å². The Hall–Kier alpha value is -2.03. The van der Waals surface area contributed by atoms with Gasteiger partial charge in [-0.25, -0.2) is 9.97 Å². The zero-order valence-electron chi connectivity index (χ0n) is 13.6. The van der Waals surface area contributed by atoms with Gasteiger partial charge in [0.1, 0.15) is 24.0 Å². The van der Waals surface area contributed by atoms with Crippen LogP contribution in [0.2, 0.25) is 0 Å². The van der Waals surface area contributed by atoms with Gasteiger partial charge in [-0.05, 0) is 17.7 Å². The molecule has 2 aromatic rings. The van der Waals surface area contributed by atoms with E-state index in [1.54, 1.807) is 7.11 Å². The molecule has 0 aliphatic rings. The van der Waals surface area contributed by atoms with Crippen molar-refractivity contribution in [3.05, 3.63) is 35.9 Å². The van der Waals surface area contributed by atoms with Crippen molar-refractivity contribution < 1.29 is 14.2 Å². The summed E-state index contributed by atoms with van der Waals surface area (Å²) in [6.45, 7) is 2.21. The second kappa shape index (κ2) is 9.96. The van der Waals surface area contributed by atoms with E-state index in [2.05, 4.69) is 9.97 Å². The number of ether oxygens (including phenoxy) is 3. The summed E-state index contributed by atoms with van der Waals surface area (Å²) in [6.07, 6.45) is 0. The van der Waals surface area contributed by atoms with Gasteiger partial charge >= 0.3 is 0 Å². The average molecular weight is 350 g/mol. The highest BCUT2D eigenvalue weighted by molar-refractivity contribution is 7.98. The summed E-state index contributed by atoms with van der Waals surface area (Å²) >= 11 is 1.48. The third-order valence-electron chi connectivity index (χ3n) is 2.96. The number of thioether (sulfide) groups is 1. The predicted octanol–water partition coefficient (Wildman–Crippen LogP) is 1.98. The molecule has 8 heteroatoms. The van der Waals surface area contributed by atoms with Gasteiger partial charge in [0.25, 0.3) is 0 Å². The van der Waals surface area contributed by atoms with Crippen LogP contribution in [0, 0.1) is 0 Å². The third kappa shape index (κ3) is 6.61. The largest absolute Gasteiger partial charge is 0.491 e. The highest BCUT2D eigenvalue weighted by Crippen LogP contribution is 2.22. The zero-order chi connectivity index (χ0) is 17.2. The summed E-state index contributed by atoms with van der Waals surface area (Å²) in [4.78, 5) is 8.28. The fourth-order valence-electron chi connectivity index (χ4n) is 1.82. The maximum absolute atomic E-state index is 5.65. The Kier molecular flexibility index (Phi) is 7.60. The number of nitrogens with two attached hydrogens (primary N) is 2. The Bertz CT molecular complexity index is 605. The minimum absolute atomic E-state index is 0.376. The van der Waals surface area contributed by atoms with Crippen LogP contribution in [0.1, 0.15) is 5.56 Å². The quantitative estimate of drug-likeness (QED) is 0.381. The van der Waals surface area contributed by atoms with E-state index >= 15 is 0 Å². The van der Waals surface area contributed by atoms with Crippen LogP contribution in [0.5, 0.6) is 5.75 Å². The van der Waals surface area contributed by atoms with Crippen LogP contribution >= 0.6 is 11.8 Å². The molecule has 24 heavy (non-hydrogen) atoms. The van der Waals surface area contributed by atoms with E-state index in [1.165, 1.54) is 17.8 Å². The van der Waals surface area contributed by atoms with Gasteiger partial charge in [-0.3, -0.25) is 0 Å². The Balaban J connectivity index is 1.73. The standard InChI is InChI=1S/C16H22N4O3S/c1-21-6-7-22-8-9-23-13-4-2-12(3-5-13)11-24-16-19-14(17)10-15(18)20-16/h2-5,10H,6-9,11H2,1H3,(H4,17,18,19,20). The van der Waals surface area contributed by atoms with Crippen molar-refractivity contribution in [3.8, 4) is 5.75 Å². The molecule has 1 aromatic carbocycles. The summed E-state index contributed by atoms with van der Waals surface area (Å²) in [7, 11) is 1.65. The van der Waals surface area contributed by atoms with E-state index in [9.17, 15) is 0 Å². The number of rotatable bonds is 10. The van der Waals surface area contributed by atoms with Crippen molar-refractivity contribution in [2.75, 3.05) is 45.0 Å². The molecular formula is C16H22N4O3S. The van der Waals surface area contributed by atoms with E-state index in [1.807, 2.05) is 24.3 Å². The van der Waals surface area contributed by atoms with Crippen molar-refractivity contribution in [2.24, 2.45) is 0 Å². The highest BCUT2D eigenvalue weighted by atomic mass is 32.2. The molecule has 0 unspecified atom stereocenters. The molecule has 0 amide bonds. The lowest BCUT2D eigenvalue weighted by molar-refractivity contribution is 0.0544. The van der Waals surface area contributed by atoms with Gasteiger partial charge in [-0.2, -0.15) is 0 Å². The van der Waals surface area contributed by atoms with Crippen LogP contribution in [-0.4, -0.2) is 43.5 Å². The summed E-state index contributed by atoms with van der Waals surface area (Å²) in [5, 5.41) is 0.570. The molecule has 4 N–H and O–H groups in total. The van der Waals surface area contributed by atoms with Crippen LogP contribution in [-0.2, 0) is 15.2 Å². The van der Waals surface area contributed by atoms with Crippen molar-refractivity contribution in [1.82, 2.24) is 9.97 Å². The maximum atomic E-state index is 5.65. The first kappa shape index (κ1) is 18.3. The molecule has 0 saturated carbocycles. The van der Waals surface area contributed by atoms with E-state index in [0.717, 1.165) is 17.1 Å². The smallest absolute Gasteiger partial charge is 0.191 e. The lowest BCUT2D eigenvalue weighted by atomic mass is 10.2. The third-order valence-corrected chi connectivity index (χ3v) is 3.88. The maximum Gasteiger partial charge on any atom is 0.191 e. The highest BCUT2D eigenvalue weighted by Gasteiger charge is 2.03. The van der Waals surface area contributed by atoms with Crippen LogP contribution < -0.4 is 16.2 Å². The normalized spacial score (nSPS) is 10.7. The van der Waals surface area contributed by atoms with Gasteiger partial charge in [0.05, 0.1) is 19.8 Å². The molecule has 0 radical (unpaired) electrons. The van der Waals surface area contributed by atoms with E-state index in [-0.39, 0.29) is 0 Å². The van der Waals surface area contributed by atoms with Crippen LogP contribution in [0.3, 0.4) is 0 Å². The Morgan fingerprint density at radius 2 is 1.62 bits per heavy atom. The number of hydrogen-bond donors (Lipinski definition) is 2. The van der Waals surface area contributed by atoms with Crippen LogP contribution in [0.4, 0.5) is 11.6 Å². The van der Waals surface area contributed by atoms with Crippen molar-refractivity contribution in [3.63, 3.8) is 0 Å². The lowest BCUT2D eigenvalue weighted by Crippen LogP contribution is -2.09. The number of nitrogens with zero attached hydrogens (tertiary/aromatic N) is 2. The molecule has 7 nitrogen and oxygen atoms in total. The first-order valence-electron chi connectivity index (χ1n) is 7.48. The number of benzene rings is 1. The summed E-state index contributed by atoms with van der Waals surface area (Å²) in [5.74, 6) is 2.29. The minimum Gasteiger partial charge on any atom is -0.491 e. The van der Waals surface area contributed by atoms with Crippen LogP contribution in [0.25, 0.3) is 0 Å². The second-order valence-corrected chi connectivity index (χ2v) is 5.83. The summed E-state index contributed by atoms with van der Waals surface area (Å²) < 4.78 is 15.8. The molecule has 0 atom stereocenters. The van der Waals surface area contributed by atoms with E-state index < -0.39 is 0 Å². The van der Waals surface area contributed by atoms with Gasteiger partial charge in [-0.15, -0.1) is 0 Å². The summed E-state index contributed by atoms with van der Waals surface area (Å²) in [6, 6.07) is 9.40. The molecule has 2 rings (SSSR count). The van der Waals surface area contributed by atoms with Gasteiger partial charge in [0, 0.05) is 18.9 Å². The molecule has 1 aromatic heterocycles. The zero-order valence-corrected chi connectivity index (χ0v) is 14.4. The molecule has 0 bridgehead atoms. The van der Waals surface area contributed by atoms with Crippen LogP contribution in [0.15, 0.2) is 35.5 Å². The molecule has 0 saturated heterocycles. The molecular weight excluding hydrogens is 328 g/mol. The second-order valence-electron chi connectivity index (χ2n) is 4.89. The number of nitrogen functional groups attached to an aromatic ring is 2. The Morgan fingerprint density at radius 3 is 2.29 bits per heavy atom. The van der Waals surface area contributed by atoms with E-state index in [4.69, 9.17) is 25.7 Å². The monoisotopic (exact) mass is 350 g/mol. The van der Waals surface area contributed by atoms with Gasteiger partial charge in [0.15, 0.2) is 5.16 Å². The van der Waals surface area contributed by atoms with Gasteiger partial charge in [0.2, 0.25) is 0 Å². The van der Waals surface area contributed by atoms with Crippen molar-refractivity contribution >= 4 is 23.4 Å². The lowest BCUT2D eigenvalue weighted by Gasteiger charge is -2.08. The molecule has 0 aliphatic heterocycles. The van der Waals surface area contributed by atoms with Gasteiger partial charge in [-0.1, -0.05) is 23.9 Å². The van der Waals surface area contributed by atoms with E-state index in [0.29, 0.717) is 43.2 Å². The van der Waals surface area contributed by atoms with Crippen molar-refractivity contribution in [2.45, 2.75) is 10.9 Å². The Labute approximate surface area is 145 Å². The fraction of sp³-hybridized carbons (Fsp3) is 0.375. The minimum atomic E-state index is 0.376. The Morgan fingerprint density at radius 1 is 0.958 bits per heavy atom. The number of methoxy groups -OCH3 is 1. The average Bonchev–Trinajstić information content (AvgIpc) is 2.56. The molecule has 0 spiro atoms. The number of aromatic nitrogens is 2. The predicted molar refractivity (Wildman–Crippen MR) is 95.0 cm³/mol. The first-order chi connectivity index (χ1) is 11.7. The first-order valence-corrected chi connectivity index (χ1v) is 8.47. The number of hydrogen-bond acceptors (Lipinski definition) is 8.